The number of rotatable bonds is 10. The maximum Gasteiger partial charge on any atom is 0.254 e. The largest absolute Gasteiger partial charge is 0.364 e. The van der Waals surface area contributed by atoms with Gasteiger partial charge in [-0.2, -0.15) is 0 Å². The van der Waals surface area contributed by atoms with E-state index >= 15 is 0 Å². The molecule has 0 unspecified atom stereocenters. The molecule has 0 radical (unpaired) electrons. The zero-order chi connectivity index (χ0) is 26.2. The first-order valence-corrected chi connectivity index (χ1v) is 13.2. The number of carbonyl (C=O) groups is 3. The molecule has 1 saturated heterocycles. The molecule has 0 aliphatic carbocycles. The van der Waals surface area contributed by atoms with Crippen LogP contribution in [0.4, 0.5) is 0 Å². The zero-order valence-corrected chi connectivity index (χ0v) is 22.6. The Kier molecular flexibility index (Phi) is 9.51. The summed E-state index contributed by atoms with van der Waals surface area (Å²) in [6.07, 6.45) is 4.48. The van der Waals surface area contributed by atoms with Crippen molar-refractivity contribution in [1.82, 2.24) is 20.1 Å². The van der Waals surface area contributed by atoms with Crippen LogP contribution in [0.1, 0.15) is 21.6 Å². The topological polar surface area (TPSA) is 94.7 Å². The van der Waals surface area contributed by atoms with Gasteiger partial charge < -0.3 is 24.7 Å². The van der Waals surface area contributed by atoms with Gasteiger partial charge in [-0.1, -0.05) is 51.8 Å². The second-order valence-corrected chi connectivity index (χ2v) is 10.0. The fourth-order valence-corrected chi connectivity index (χ4v) is 4.72. The molecule has 2 amide bonds. The van der Waals surface area contributed by atoms with Crippen molar-refractivity contribution in [2.24, 2.45) is 0 Å². The first kappa shape index (κ1) is 27.1. The molecule has 0 saturated carbocycles. The fourth-order valence-electron chi connectivity index (χ4n) is 4.24. The van der Waals surface area contributed by atoms with Gasteiger partial charge in [0.2, 0.25) is 5.91 Å². The quantitative estimate of drug-likeness (QED) is 0.278. The normalized spacial score (nSPS) is 14.4. The molecule has 194 valence electrons. The number of hydrogen-bond acceptors (Lipinski definition) is 5. The van der Waals surface area contributed by atoms with Gasteiger partial charge in [0.25, 0.3) is 5.91 Å². The van der Waals surface area contributed by atoms with Crippen LogP contribution in [0.15, 0.2) is 46.9 Å². The second kappa shape index (κ2) is 13.0. The third-order valence-electron chi connectivity index (χ3n) is 6.18. The molecule has 10 heteroatoms. The minimum Gasteiger partial charge on any atom is -0.364 e. The Labute approximate surface area is 228 Å². The molecule has 3 aromatic rings. The highest BCUT2D eigenvalue weighted by Crippen LogP contribution is 2.27. The predicted octanol–water partition coefficient (Wildman–Crippen LogP) is 3.84. The van der Waals surface area contributed by atoms with Crippen LogP contribution in [-0.2, 0) is 14.3 Å². The number of carbonyl (C=O) groups excluding carboxylic acids is 3. The summed E-state index contributed by atoms with van der Waals surface area (Å²) in [4.78, 5) is 43.1. The summed E-state index contributed by atoms with van der Waals surface area (Å²) in [6.45, 7) is 3.62. The highest BCUT2D eigenvalue weighted by atomic mass is 79.9. The maximum atomic E-state index is 13.3. The Bertz CT molecular complexity index is 1280. The number of aldehydes is 1. The van der Waals surface area contributed by atoms with E-state index in [2.05, 4.69) is 31.1 Å². The number of aromatic nitrogens is 1. The molecule has 1 fully saturated rings. The summed E-state index contributed by atoms with van der Waals surface area (Å²) >= 11 is 9.49. The van der Waals surface area contributed by atoms with E-state index in [-0.39, 0.29) is 25.0 Å². The van der Waals surface area contributed by atoms with E-state index in [1.165, 1.54) is 0 Å². The van der Waals surface area contributed by atoms with Crippen LogP contribution in [0.25, 0.3) is 23.1 Å². The molecule has 1 aliphatic heterocycles. The molecule has 8 nitrogen and oxygen atoms in total. The van der Waals surface area contributed by atoms with Gasteiger partial charge in [-0.05, 0) is 35.9 Å². The minimum absolute atomic E-state index is 0.0717. The summed E-state index contributed by atoms with van der Waals surface area (Å²) < 4.78 is 5.93. The van der Waals surface area contributed by atoms with Gasteiger partial charge in [-0.3, -0.25) is 14.5 Å². The summed E-state index contributed by atoms with van der Waals surface area (Å²) in [5, 5.41) is 4.57. The Hall–Kier alpha value is -2.98. The average molecular weight is 588 g/mol. The SMILES string of the molecule is O=CCOCC(=O)N1CCN(CCNC(=O)c2c(/C=C/c3ccc(Cl)cc3)[nH]c3cc(Br)ccc23)CC1. The van der Waals surface area contributed by atoms with Crippen LogP contribution in [0.5, 0.6) is 0 Å². The van der Waals surface area contributed by atoms with E-state index in [0.717, 1.165) is 26.6 Å². The monoisotopic (exact) mass is 586 g/mol. The number of nitrogens with zero attached hydrogens (tertiary/aromatic N) is 2. The summed E-state index contributed by atoms with van der Waals surface area (Å²) in [7, 11) is 0. The maximum absolute atomic E-state index is 13.3. The lowest BCUT2D eigenvalue weighted by atomic mass is 10.1. The number of aromatic amines is 1. The van der Waals surface area contributed by atoms with E-state index in [1.54, 1.807) is 4.90 Å². The molecule has 0 spiro atoms. The molecule has 37 heavy (non-hydrogen) atoms. The number of hydrogen-bond donors (Lipinski definition) is 2. The van der Waals surface area contributed by atoms with Crippen LogP contribution in [-0.4, -0.2) is 85.4 Å². The van der Waals surface area contributed by atoms with Crippen molar-refractivity contribution in [2.75, 3.05) is 52.5 Å². The summed E-state index contributed by atoms with van der Waals surface area (Å²) in [5.74, 6) is -0.259. The van der Waals surface area contributed by atoms with Gasteiger partial charge in [-0.25, -0.2) is 0 Å². The van der Waals surface area contributed by atoms with E-state index in [1.807, 2.05) is 54.6 Å². The van der Waals surface area contributed by atoms with Gasteiger partial charge in [0, 0.05) is 59.7 Å². The number of H-pyrrole nitrogens is 1. The minimum atomic E-state index is -0.148. The highest BCUT2D eigenvalue weighted by molar-refractivity contribution is 9.10. The Morgan fingerprint density at radius 3 is 2.57 bits per heavy atom. The Balaban J connectivity index is 1.36. The van der Waals surface area contributed by atoms with E-state index in [4.69, 9.17) is 16.3 Å². The fraction of sp³-hybridized carbons (Fsp3) is 0.296. The number of benzene rings is 2. The van der Waals surface area contributed by atoms with Crippen LogP contribution < -0.4 is 5.32 Å². The Morgan fingerprint density at radius 1 is 1.08 bits per heavy atom. The third-order valence-corrected chi connectivity index (χ3v) is 6.92. The summed E-state index contributed by atoms with van der Waals surface area (Å²) in [6, 6.07) is 13.3. The molecule has 2 N–H and O–H groups in total. The van der Waals surface area contributed by atoms with Crippen molar-refractivity contribution in [3.63, 3.8) is 0 Å². The molecule has 1 aromatic heterocycles. The first-order chi connectivity index (χ1) is 17.9. The number of fused-ring (bicyclic) bond motifs is 1. The lowest BCUT2D eigenvalue weighted by Crippen LogP contribution is -2.51. The van der Waals surface area contributed by atoms with E-state index in [9.17, 15) is 14.4 Å². The van der Waals surface area contributed by atoms with Crippen molar-refractivity contribution < 1.29 is 19.1 Å². The summed E-state index contributed by atoms with van der Waals surface area (Å²) in [5.41, 5.74) is 3.17. The lowest BCUT2D eigenvalue weighted by Gasteiger charge is -2.34. The molecule has 2 heterocycles. The molecule has 1 aliphatic rings. The van der Waals surface area contributed by atoms with Crippen molar-refractivity contribution in [3.05, 3.63) is 68.8 Å². The number of ether oxygens (including phenoxy) is 1. The molecular formula is C27H28BrClN4O4. The van der Waals surface area contributed by atoms with E-state index in [0.29, 0.717) is 56.1 Å². The molecular weight excluding hydrogens is 560 g/mol. The Morgan fingerprint density at radius 2 is 1.84 bits per heavy atom. The van der Waals surface area contributed by atoms with Gasteiger partial charge in [0.15, 0.2) is 0 Å². The van der Waals surface area contributed by atoms with Crippen LogP contribution in [0.2, 0.25) is 5.02 Å². The lowest BCUT2D eigenvalue weighted by molar-refractivity contribution is -0.138. The van der Waals surface area contributed by atoms with Gasteiger partial charge in [-0.15, -0.1) is 0 Å². The predicted molar refractivity (Wildman–Crippen MR) is 149 cm³/mol. The van der Waals surface area contributed by atoms with Crippen LogP contribution in [0, 0.1) is 0 Å². The molecule has 0 atom stereocenters. The van der Waals surface area contributed by atoms with Crippen molar-refractivity contribution in [3.8, 4) is 0 Å². The first-order valence-electron chi connectivity index (χ1n) is 12.0. The molecule has 2 aromatic carbocycles. The van der Waals surface area contributed by atoms with Gasteiger partial charge >= 0.3 is 0 Å². The third kappa shape index (κ3) is 7.29. The smallest absolute Gasteiger partial charge is 0.254 e. The van der Waals surface area contributed by atoms with Gasteiger partial charge in [0.05, 0.1) is 11.3 Å². The van der Waals surface area contributed by atoms with Gasteiger partial charge in [0.1, 0.15) is 19.5 Å². The van der Waals surface area contributed by atoms with Crippen LogP contribution >= 0.6 is 27.5 Å². The van der Waals surface area contributed by atoms with Crippen molar-refractivity contribution in [1.29, 1.82) is 0 Å². The number of nitrogens with one attached hydrogen (secondary N) is 2. The highest BCUT2D eigenvalue weighted by Gasteiger charge is 2.22. The molecule has 0 bridgehead atoms. The van der Waals surface area contributed by atoms with E-state index < -0.39 is 0 Å². The number of halogens is 2. The standard InChI is InChI=1S/C27H28BrClN4O4/c28-20-4-7-22-24(17-20)31-23(8-3-19-1-5-21(29)6-2-19)26(22)27(36)30-9-10-32-11-13-33(14-12-32)25(35)18-37-16-15-34/h1-8,15,17,31H,9-14,16,18H2,(H,30,36)/b8-3+. The van der Waals surface area contributed by atoms with Crippen LogP contribution in [0.3, 0.4) is 0 Å². The van der Waals surface area contributed by atoms with Crippen molar-refractivity contribution >= 4 is 68.7 Å². The average Bonchev–Trinajstić information content (AvgIpc) is 3.26. The van der Waals surface area contributed by atoms with Crippen molar-refractivity contribution in [2.45, 2.75) is 0 Å². The second-order valence-electron chi connectivity index (χ2n) is 8.65. The number of piperazine rings is 1. The zero-order valence-electron chi connectivity index (χ0n) is 20.2. The molecule has 4 rings (SSSR count). The number of amides is 2.